The van der Waals surface area contributed by atoms with E-state index < -0.39 is 0 Å². The van der Waals surface area contributed by atoms with Gasteiger partial charge in [0.15, 0.2) is 5.78 Å². The Morgan fingerprint density at radius 2 is 1.83 bits per heavy atom. The molecule has 0 unspecified atom stereocenters. The Morgan fingerprint density at radius 3 is 2.33 bits per heavy atom. The van der Waals surface area contributed by atoms with Gasteiger partial charge in [-0.2, -0.15) is 0 Å². The summed E-state index contributed by atoms with van der Waals surface area (Å²) >= 11 is 5.03. The van der Waals surface area contributed by atoms with Gasteiger partial charge in [0.05, 0.1) is 3.79 Å². The van der Waals surface area contributed by atoms with E-state index in [0.29, 0.717) is 12.3 Å². The molecule has 2 aromatic rings. The zero-order chi connectivity index (χ0) is 13.1. The number of benzene rings is 1. The van der Waals surface area contributed by atoms with E-state index in [4.69, 9.17) is 0 Å². The molecule has 0 saturated heterocycles. The van der Waals surface area contributed by atoms with E-state index in [9.17, 15) is 4.79 Å². The molecule has 0 amide bonds. The van der Waals surface area contributed by atoms with Crippen LogP contribution in [-0.2, 0) is 6.42 Å². The third-order valence-corrected chi connectivity index (χ3v) is 4.49. The molecule has 0 spiro atoms. The van der Waals surface area contributed by atoms with Crippen LogP contribution < -0.4 is 0 Å². The highest BCUT2D eigenvalue weighted by Gasteiger charge is 2.09. The Balaban J connectivity index is 2.09. The van der Waals surface area contributed by atoms with Gasteiger partial charge in [-0.1, -0.05) is 38.1 Å². The van der Waals surface area contributed by atoms with E-state index in [1.54, 1.807) is 11.3 Å². The fourth-order valence-corrected chi connectivity index (χ4v) is 3.24. The van der Waals surface area contributed by atoms with Crippen LogP contribution in [0.4, 0.5) is 0 Å². The van der Waals surface area contributed by atoms with Gasteiger partial charge in [-0.05, 0) is 39.5 Å². The highest BCUT2D eigenvalue weighted by Crippen LogP contribution is 2.23. The molecule has 0 aliphatic heterocycles. The molecule has 0 atom stereocenters. The first kappa shape index (κ1) is 13.5. The van der Waals surface area contributed by atoms with Crippen LogP contribution >= 0.6 is 27.3 Å². The molecule has 94 valence electrons. The average Bonchev–Trinajstić information content (AvgIpc) is 2.75. The number of carbonyl (C=O) groups is 1. The highest BCUT2D eigenvalue weighted by atomic mass is 79.9. The second-order valence-corrected chi connectivity index (χ2v) is 7.13. The fraction of sp³-hybridized carbons (Fsp3) is 0.267. The number of rotatable bonds is 4. The number of carbonyl (C=O) groups excluding carboxylic acids is 1. The lowest BCUT2D eigenvalue weighted by Gasteiger charge is -2.06. The van der Waals surface area contributed by atoms with Crippen molar-refractivity contribution in [2.75, 3.05) is 0 Å². The molecule has 0 bridgehead atoms. The number of halogens is 1. The van der Waals surface area contributed by atoms with Crippen molar-refractivity contribution in [1.29, 1.82) is 0 Å². The Morgan fingerprint density at radius 1 is 1.17 bits per heavy atom. The number of hydrogen-bond donors (Lipinski definition) is 0. The summed E-state index contributed by atoms with van der Waals surface area (Å²) in [7, 11) is 0. The summed E-state index contributed by atoms with van der Waals surface area (Å²) in [6.45, 7) is 4.31. The zero-order valence-electron chi connectivity index (χ0n) is 10.4. The molecule has 0 aliphatic rings. The van der Waals surface area contributed by atoms with Crippen molar-refractivity contribution in [2.24, 2.45) is 0 Å². The van der Waals surface area contributed by atoms with E-state index in [0.717, 1.165) is 14.2 Å². The topological polar surface area (TPSA) is 17.1 Å². The molecular weight excluding hydrogens is 308 g/mol. The quantitative estimate of drug-likeness (QED) is 0.719. The maximum atomic E-state index is 12.1. The monoisotopic (exact) mass is 322 g/mol. The van der Waals surface area contributed by atoms with Gasteiger partial charge in [-0.3, -0.25) is 4.79 Å². The van der Waals surface area contributed by atoms with E-state index in [2.05, 4.69) is 29.8 Å². The predicted molar refractivity (Wildman–Crippen MR) is 80.6 cm³/mol. The maximum Gasteiger partial charge on any atom is 0.168 e. The van der Waals surface area contributed by atoms with Gasteiger partial charge < -0.3 is 0 Å². The van der Waals surface area contributed by atoms with Crippen LogP contribution in [0.5, 0.6) is 0 Å². The van der Waals surface area contributed by atoms with Crippen LogP contribution in [0.2, 0.25) is 0 Å². The van der Waals surface area contributed by atoms with Gasteiger partial charge in [0.2, 0.25) is 0 Å². The second kappa shape index (κ2) is 5.81. The van der Waals surface area contributed by atoms with Gasteiger partial charge in [0, 0.05) is 16.9 Å². The van der Waals surface area contributed by atoms with Crippen LogP contribution in [0.1, 0.15) is 40.6 Å². The molecule has 0 radical (unpaired) electrons. The smallest absolute Gasteiger partial charge is 0.168 e. The lowest BCUT2D eigenvalue weighted by molar-refractivity contribution is 0.0994. The Bertz CT molecular complexity index is 540. The zero-order valence-corrected chi connectivity index (χ0v) is 12.8. The minimum absolute atomic E-state index is 0.180. The first-order valence-electron chi connectivity index (χ1n) is 5.93. The second-order valence-electron chi connectivity index (χ2n) is 4.58. The predicted octanol–water partition coefficient (Wildman–Crippen LogP) is 5.06. The van der Waals surface area contributed by atoms with Gasteiger partial charge in [-0.25, -0.2) is 0 Å². The first-order chi connectivity index (χ1) is 8.56. The van der Waals surface area contributed by atoms with Crippen LogP contribution in [0.15, 0.2) is 40.2 Å². The fourth-order valence-electron chi connectivity index (χ4n) is 1.76. The van der Waals surface area contributed by atoms with Crippen molar-refractivity contribution in [3.8, 4) is 0 Å². The SMILES string of the molecule is CC(C)c1ccc(C(=O)Cc2ccc(Br)s2)cc1. The van der Waals surface area contributed by atoms with Crippen LogP contribution in [0, 0.1) is 0 Å². The lowest BCUT2D eigenvalue weighted by Crippen LogP contribution is -2.02. The molecule has 0 fully saturated rings. The van der Waals surface area contributed by atoms with Crippen molar-refractivity contribution in [1.82, 2.24) is 0 Å². The van der Waals surface area contributed by atoms with E-state index in [1.807, 2.05) is 36.4 Å². The number of ketones is 1. The van der Waals surface area contributed by atoms with E-state index in [-0.39, 0.29) is 5.78 Å². The largest absolute Gasteiger partial charge is 0.294 e. The van der Waals surface area contributed by atoms with E-state index >= 15 is 0 Å². The minimum atomic E-state index is 0.180. The summed E-state index contributed by atoms with van der Waals surface area (Å²) in [6, 6.07) is 11.9. The van der Waals surface area contributed by atoms with Crippen molar-refractivity contribution in [2.45, 2.75) is 26.2 Å². The third kappa shape index (κ3) is 3.30. The Labute approximate surface area is 120 Å². The number of hydrogen-bond acceptors (Lipinski definition) is 2. The molecule has 2 rings (SSSR count). The van der Waals surface area contributed by atoms with Crippen LogP contribution in [0.3, 0.4) is 0 Å². The van der Waals surface area contributed by atoms with Gasteiger partial charge in [-0.15, -0.1) is 11.3 Å². The van der Waals surface area contributed by atoms with Crippen LogP contribution in [-0.4, -0.2) is 5.78 Å². The van der Waals surface area contributed by atoms with Gasteiger partial charge >= 0.3 is 0 Å². The summed E-state index contributed by atoms with van der Waals surface area (Å²) in [5.74, 6) is 0.682. The van der Waals surface area contributed by atoms with Gasteiger partial charge in [0.25, 0.3) is 0 Å². The molecule has 1 aromatic carbocycles. The maximum absolute atomic E-state index is 12.1. The molecule has 1 aromatic heterocycles. The van der Waals surface area contributed by atoms with Crippen molar-refractivity contribution in [3.63, 3.8) is 0 Å². The Kier molecular flexibility index (Phi) is 4.36. The first-order valence-corrected chi connectivity index (χ1v) is 7.54. The third-order valence-electron chi connectivity index (χ3n) is 2.86. The summed E-state index contributed by atoms with van der Waals surface area (Å²) < 4.78 is 1.07. The Hall–Kier alpha value is -0.930. The van der Waals surface area contributed by atoms with Crippen molar-refractivity contribution < 1.29 is 4.79 Å². The summed E-state index contributed by atoms with van der Waals surface area (Å²) in [6.07, 6.45) is 0.483. The molecule has 1 heterocycles. The lowest BCUT2D eigenvalue weighted by atomic mass is 9.99. The standard InChI is InChI=1S/C15H15BrOS/c1-10(2)11-3-5-12(6-4-11)14(17)9-13-7-8-15(16)18-13/h3-8,10H,9H2,1-2H3. The van der Waals surface area contributed by atoms with Gasteiger partial charge in [0.1, 0.15) is 0 Å². The molecule has 3 heteroatoms. The summed E-state index contributed by atoms with van der Waals surface area (Å²) in [5.41, 5.74) is 2.06. The summed E-state index contributed by atoms with van der Waals surface area (Å²) in [5, 5.41) is 0. The van der Waals surface area contributed by atoms with Crippen molar-refractivity contribution >= 4 is 33.0 Å². The minimum Gasteiger partial charge on any atom is -0.294 e. The number of thiophene rings is 1. The normalized spacial score (nSPS) is 10.9. The molecule has 0 aliphatic carbocycles. The average molecular weight is 323 g/mol. The molecular formula is C15H15BrOS. The molecule has 0 saturated carbocycles. The van der Waals surface area contributed by atoms with Crippen LogP contribution in [0.25, 0.3) is 0 Å². The highest BCUT2D eigenvalue weighted by molar-refractivity contribution is 9.11. The summed E-state index contributed by atoms with van der Waals surface area (Å²) in [4.78, 5) is 13.2. The molecule has 0 N–H and O–H groups in total. The molecule has 1 nitrogen and oxygen atoms in total. The number of Topliss-reactive ketones (excluding diaryl/α,β-unsaturated/α-hetero) is 1. The van der Waals surface area contributed by atoms with Crippen molar-refractivity contribution in [3.05, 3.63) is 56.2 Å². The van der Waals surface area contributed by atoms with E-state index in [1.165, 1.54) is 5.56 Å². The molecule has 18 heavy (non-hydrogen) atoms.